The summed E-state index contributed by atoms with van der Waals surface area (Å²) < 4.78 is 5.40. The summed E-state index contributed by atoms with van der Waals surface area (Å²) in [5.41, 5.74) is 7.25. The second kappa shape index (κ2) is 5.53. The maximum Gasteiger partial charge on any atom is 0.205 e. The van der Waals surface area contributed by atoms with Crippen molar-refractivity contribution >= 4 is 5.69 Å². The van der Waals surface area contributed by atoms with Crippen molar-refractivity contribution in [3.63, 3.8) is 0 Å². The molecule has 0 amide bonds. The molecule has 0 fully saturated rings. The molecule has 1 aliphatic rings. The molecule has 0 unspecified atom stereocenters. The molecule has 23 heavy (non-hydrogen) atoms. The normalized spacial score (nSPS) is 16.3. The standard InChI is InChI=1S/C16H12N3O4/c17-8-13-15(9-2-1-3-10(6-9)19(21)22)12-5-4-11(20)7-14(12)23-16(13)18/h1-7,15,20-21H,18H2/q-1/t15-/m1/s1. The Hall–Kier alpha value is -3.21. The molecule has 0 aliphatic carbocycles. The summed E-state index contributed by atoms with van der Waals surface area (Å²) in [6.45, 7) is 0. The number of nitrogens with zero attached hydrogens (tertiary/aromatic N) is 2. The van der Waals surface area contributed by atoms with Crippen LogP contribution in [0.15, 0.2) is 53.9 Å². The van der Waals surface area contributed by atoms with Crippen molar-refractivity contribution in [2.45, 2.75) is 5.92 Å². The predicted octanol–water partition coefficient (Wildman–Crippen LogP) is 2.30. The number of ether oxygens (including phenoxy) is 1. The van der Waals surface area contributed by atoms with E-state index in [1.54, 1.807) is 18.2 Å². The smallest absolute Gasteiger partial charge is 0.205 e. The fourth-order valence-corrected chi connectivity index (χ4v) is 2.61. The fourth-order valence-electron chi connectivity index (χ4n) is 2.61. The van der Waals surface area contributed by atoms with Crippen molar-refractivity contribution in [3.05, 3.63) is 70.3 Å². The molecule has 0 saturated heterocycles. The van der Waals surface area contributed by atoms with Crippen LogP contribution in [0, 0.1) is 16.5 Å². The maximum atomic E-state index is 11.1. The van der Waals surface area contributed by atoms with Crippen molar-refractivity contribution < 1.29 is 15.1 Å². The number of hydrogen-bond donors (Lipinski definition) is 3. The van der Waals surface area contributed by atoms with E-state index in [-0.39, 0.29) is 28.1 Å². The molecule has 2 aromatic rings. The highest BCUT2D eigenvalue weighted by Gasteiger charge is 2.30. The van der Waals surface area contributed by atoms with Gasteiger partial charge in [-0.05, 0) is 23.8 Å². The number of hydrogen-bond acceptors (Lipinski definition) is 7. The van der Waals surface area contributed by atoms with Crippen LogP contribution in [0.3, 0.4) is 0 Å². The molecular weight excluding hydrogens is 298 g/mol. The van der Waals surface area contributed by atoms with E-state index in [2.05, 4.69) is 0 Å². The van der Waals surface area contributed by atoms with Crippen molar-refractivity contribution in [2.24, 2.45) is 5.73 Å². The molecule has 1 atom stereocenters. The first-order chi connectivity index (χ1) is 11.0. The van der Waals surface area contributed by atoms with Gasteiger partial charge in [-0.1, -0.05) is 18.2 Å². The highest BCUT2D eigenvalue weighted by molar-refractivity contribution is 5.59. The van der Waals surface area contributed by atoms with Gasteiger partial charge in [0.05, 0.1) is 11.6 Å². The molecule has 2 aromatic carbocycles. The van der Waals surface area contributed by atoms with Gasteiger partial charge in [0, 0.05) is 11.6 Å². The second-order valence-electron chi connectivity index (χ2n) is 5.01. The van der Waals surface area contributed by atoms with Gasteiger partial charge in [0.2, 0.25) is 5.88 Å². The summed E-state index contributed by atoms with van der Waals surface area (Å²) in [5.74, 6) is -0.293. The summed E-state index contributed by atoms with van der Waals surface area (Å²) in [6, 6.07) is 12.7. The first-order valence-electron chi connectivity index (χ1n) is 6.68. The van der Waals surface area contributed by atoms with E-state index in [1.807, 2.05) is 6.07 Å². The molecule has 7 nitrogen and oxygen atoms in total. The largest absolute Gasteiger partial charge is 0.733 e. The molecule has 0 aromatic heterocycles. The number of aromatic hydroxyl groups is 1. The zero-order valence-electron chi connectivity index (χ0n) is 11.8. The third kappa shape index (κ3) is 2.53. The minimum Gasteiger partial charge on any atom is -0.733 e. The van der Waals surface area contributed by atoms with Crippen LogP contribution in [0.2, 0.25) is 0 Å². The van der Waals surface area contributed by atoms with Crippen molar-refractivity contribution in [2.75, 3.05) is 5.23 Å². The number of allylic oxidation sites excluding steroid dienone is 1. The number of rotatable bonds is 2. The Balaban J connectivity index is 2.20. The number of benzene rings is 2. The van der Waals surface area contributed by atoms with E-state index >= 15 is 0 Å². The van der Waals surface area contributed by atoms with Gasteiger partial charge in [-0.3, -0.25) is 5.21 Å². The van der Waals surface area contributed by atoms with E-state index in [0.29, 0.717) is 16.9 Å². The molecule has 0 bridgehead atoms. The Morgan fingerprint density at radius 1 is 1.26 bits per heavy atom. The molecule has 1 heterocycles. The lowest BCUT2D eigenvalue weighted by Gasteiger charge is -2.28. The van der Waals surface area contributed by atoms with E-state index in [9.17, 15) is 15.6 Å². The Labute approximate surface area is 131 Å². The number of phenolic OH excluding ortho intramolecular Hbond substituents is 1. The van der Waals surface area contributed by atoms with E-state index in [1.165, 1.54) is 24.3 Å². The number of nitriles is 1. The Bertz CT molecular complexity index is 839. The maximum absolute atomic E-state index is 11.1. The van der Waals surface area contributed by atoms with E-state index in [4.69, 9.17) is 15.7 Å². The second-order valence-corrected chi connectivity index (χ2v) is 5.01. The average molecular weight is 310 g/mol. The van der Waals surface area contributed by atoms with Crippen LogP contribution in [-0.2, 0) is 0 Å². The molecule has 7 heteroatoms. The topological polar surface area (TPSA) is 126 Å². The van der Waals surface area contributed by atoms with Crippen LogP contribution in [0.5, 0.6) is 11.5 Å². The van der Waals surface area contributed by atoms with Crippen LogP contribution in [-0.4, -0.2) is 10.3 Å². The highest BCUT2D eigenvalue weighted by Crippen LogP contribution is 2.43. The molecule has 0 saturated carbocycles. The Kier molecular flexibility index (Phi) is 3.54. The summed E-state index contributed by atoms with van der Waals surface area (Å²) in [4.78, 5) is 0. The molecule has 4 N–H and O–H groups in total. The zero-order chi connectivity index (χ0) is 16.6. The highest BCUT2D eigenvalue weighted by atomic mass is 16.8. The van der Waals surface area contributed by atoms with Gasteiger partial charge in [-0.2, -0.15) is 5.26 Å². The lowest BCUT2D eigenvalue weighted by Crippen LogP contribution is -2.21. The average Bonchev–Trinajstić information content (AvgIpc) is 2.53. The van der Waals surface area contributed by atoms with Gasteiger partial charge in [0.15, 0.2) is 0 Å². The summed E-state index contributed by atoms with van der Waals surface area (Å²) >= 11 is 0. The SMILES string of the molecule is N#CC1=C(N)Oc2cc(O)ccc2[C@H]1c1cccc(N([O-])O)c1. The van der Waals surface area contributed by atoms with E-state index < -0.39 is 5.92 Å². The Morgan fingerprint density at radius 2 is 2.04 bits per heavy atom. The van der Waals surface area contributed by atoms with Crippen LogP contribution in [0.25, 0.3) is 0 Å². The van der Waals surface area contributed by atoms with Crippen LogP contribution in [0.4, 0.5) is 5.69 Å². The van der Waals surface area contributed by atoms with Crippen LogP contribution < -0.4 is 15.7 Å². The molecule has 0 spiro atoms. The third-order valence-electron chi connectivity index (χ3n) is 3.63. The molecule has 116 valence electrons. The lowest BCUT2D eigenvalue weighted by molar-refractivity contribution is 0.296. The number of anilines is 1. The van der Waals surface area contributed by atoms with Gasteiger partial charge >= 0.3 is 0 Å². The van der Waals surface area contributed by atoms with Crippen molar-refractivity contribution in [3.8, 4) is 17.6 Å². The van der Waals surface area contributed by atoms with Crippen molar-refractivity contribution in [1.82, 2.24) is 0 Å². The molecule has 1 aliphatic heterocycles. The third-order valence-corrected chi connectivity index (χ3v) is 3.63. The van der Waals surface area contributed by atoms with Gasteiger partial charge in [0.25, 0.3) is 0 Å². The van der Waals surface area contributed by atoms with Gasteiger partial charge < -0.3 is 26.0 Å². The van der Waals surface area contributed by atoms with Crippen LogP contribution in [0.1, 0.15) is 17.0 Å². The monoisotopic (exact) mass is 310 g/mol. The number of nitrogens with two attached hydrogens (primary N) is 1. The van der Waals surface area contributed by atoms with Crippen molar-refractivity contribution in [1.29, 1.82) is 5.26 Å². The Morgan fingerprint density at radius 3 is 2.74 bits per heavy atom. The molecular formula is C16H12N3O4-. The summed E-state index contributed by atoms with van der Waals surface area (Å²) in [5, 5.41) is 38.9. The van der Waals surface area contributed by atoms with Gasteiger partial charge in [-0.15, -0.1) is 0 Å². The summed E-state index contributed by atoms with van der Waals surface area (Å²) in [6.07, 6.45) is 0. The number of fused-ring (bicyclic) bond motifs is 1. The zero-order valence-corrected chi connectivity index (χ0v) is 11.8. The summed E-state index contributed by atoms with van der Waals surface area (Å²) in [7, 11) is 0. The van der Waals surface area contributed by atoms with E-state index in [0.717, 1.165) is 0 Å². The minimum absolute atomic E-state index is 0.00514. The van der Waals surface area contributed by atoms with Crippen LogP contribution >= 0.6 is 0 Å². The lowest BCUT2D eigenvalue weighted by atomic mass is 9.83. The first kappa shape index (κ1) is 14.7. The van der Waals surface area contributed by atoms with Gasteiger partial charge in [0.1, 0.15) is 23.1 Å². The predicted molar refractivity (Wildman–Crippen MR) is 81.5 cm³/mol. The molecule has 3 rings (SSSR count). The fraction of sp³-hybridized carbons (Fsp3) is 0.0625. The molecule has 0 radical (unpaired) electrons. The first-order valence-corrected chi connectivity index (χ1v) is 6.68. The minimum atomic E-state index is -0.566. The number of phenols is 1. The van der Waals surface area contributed by atoms with Gasteiger partial charge in [-0.25, -0.2) is 0 Å². The quantitative estimate of drug-likeness (QED) is 0.726.